The standard InChI is InChI=1S/C13H22N4O2/c1-2-17-12(11(14)9-16-17)13(18)15-7-6-10-5-3-4-8-19-10/h9-10H,2-8,14H2,1H3,(H,15,18). The number of rotatable bonds is 5. The predicted octanol–water partition coefficient (Wildman–Crippen LogP) is 1.17. The maximum Gasteiger partial charge on any atom is 0.271 e. The summed E-state index contributed by atoms with van der Waals surface area (Å²) in [6, 6.07) is 0. The number of nitrogens with zero attached hydrogens (tertiary/aromatic N) is 2. The molecule has 1 aromatic rings. The molecule has 1 aliphatic heterocycles. The normalized spacial score (nSPS) is 19.3. The number of aromatic nitrogens is 2. The molecular weight excluding hydrogens is 244 g/mol. The monoisotopic (exact) mass is 266 g/mol. The Morgan fingerprint density at radius 1 is 1.63 bits per heavy atom. The number of amides is 1. The van der Waals surface area contributed by atoms with Crippen LogP contribution in [0.25, 0.3) is 0 Å². The van der Waals surface area contributed by atoms with Crippen LogP contribution in [0.4, 0.5) is 5.69 Å². The summed E-state index contributed by atoms with van der Waals surface area (Å²) in [4.78, 5) is 12.1. The van der Waals surface area contributed by atoms with E-state index in [0.29, 0.717) is 24.5 Å². The average Bonchev–Trinajstić information content (AvgIpc) is 2.81. The molecular formula is C13H22N4O2. The van der Waals surface area contributed by atoms with Gasteiger partial charge in [-0.15, -0.1) is 0 Å². The minimum Gasteiger partial charge on any atom is -0.396 e. The van der Waals surface area contributed by atoms with Crippen molar-refractivity contribution >= 4 is 11.6 Å². The van der Waals surface area contributed by atoms with Crippen molar-refractivity contribution in [3.05, 3.63) is 11.9 Å². The number of aryl methyl sites for hydroxylation is 1. The van der Waals surface area contributed by atoms with Gasteiger partial charge in [0.2, 0.25) is 0 Å². The van der Waals surface area contributed by atoms with E-state index in [1.807, 2.05) is 6.92 Å². The third kappa shape index (κ3) is 3.47. The van der Waals surface area contributed by atoms with Crippen molar-refractivity contribution in [3.8, 4) is 0 Å². The molecule has 1 amide bonds. The highest BCUT2D eigenvalue weighted by Crippen LogP contribution is 2.15. The summed E-state index contributed by atoms with van der Waals surface area (Å²) in [5.74, 6) is -0.160. The van der Waals surface area contributed by atoms with Crippen LogP contribution in [0.1, 0.15) is 43.1 Å². The summed E-state index contributed by atoms with van der Waals surface area (Å²) in [5, 5.41) is 6.95. The Balaban J connectivity index is 1.82. The minimum atomic E-state index is -0.160. The van der Waals surface area contributed by atoms with Crippen molar-refractivity contribution in [1.82, 2.24) is 15.1 Å². The molecule has 0 saturated carbocycles. The van der Waals surface area contributed by atoms with Gasteiger partial charge in [-0.1, -0.05) is 0 Å². The van der Waals surface area contributed by atoms with E-state index in [4.69, 9.17) is 10.5 Å². The van der Waals surface area contributed by atoms with Gasteiger partial charge in [-0.05, 0) is 32.6 Å². The van der Waals surface area contributed by atoms with E-state index in [2.05, 4.69) is 10.4 Å². The molecule has 106 valence electrons. The SMILES string of the molecule is CCn1ncc(N)c1C(=O)NCCC1CCCCO1. The van der Waals surface area contributed by atoms with E-state index in [1.54, 1.807) is 4.68 Å². The van der Waals surface area contributed by atoms with Gasteiger partial charge in [-0.2, -0.15) is 5.10 Å². The molecule has 3 N–H and O–H groups in total. The summed E-state index contributed by atoms with van der Waals surface area (Å²) >= 11 is 0. The van der Waals surface area contributed by atoms with Crippen LogP contribution < -0.4 is 11.1 Å². The Morgan fingerprint density at radius 3 is 3.16 bits per heavy atom. The fourth-order valence-corrected chi connectivity index (χ4v) is 2.35. The van der Waals surface area contributed by atoms with Crippen LogP contribution in [-0.2, 0) is 11.3 Å². The van der Waals surface area contributed by atoms with E-state index in [9.17, 15) is 4.79 Å². The molecule has 2 rings (SSSR count). The van der Waals surface area contributed by atoms with E-state index in [1.165, 1.54) is 12.6 Å². The van der Waals surface area contributed by atoms with Crippen molar-refractivity contribution in [3.63, 3.8) is 0 Å². The quantitative estimate of drug-likeness (QED) is 0.838. The van der Waals surface area contributed by atoms with Crippen molar-refractivity contribution < 1.29 is 9.53 Å². The van der Waals surface area contributed by atoms with Gasteiger partial charge in [-0.25, -0.2) is 0 Å². The maximum absolute atomic E-state index is 12.1. The number of hydrogen-bond donors (Lipinski definition) is 2. The summed E-state index contributed by atoms with van der Waals surface area (Å²) in [6.45, 7) is 4.01. The fraction of sp³-hybridized carbons (Fsp3) is 0.692. The van der Waals surface area contributed by atoms with E-state index in [0.717, 1.165) is 25.9 Å². The van der Waals surface area contributed by atoms with Crippen LogP contribution in [0, 0.1) is 0 Å². The van der Waals surface area contributed by atoms with E-state index in [-0.39, 0.29) is 12.0 Å². The second kappa shape index (κ2) is 6.56. The first-order valence-electron chi connectivity index (χ1n) is 6.93. The number of anilines is 1. The lowest BCUT2D eigenvalue weighted by Crippen LogP contribution is -2.31. The molecule has 6 nitrogen and oxygen atoms in total. The Bertz CT molecular complexity index is 424. The minimum absolute atomic E-state index is 0.160. The lowest BCUT2D eigenvalue weighted by Gasteiger charge is -2.22. The van der Waals surface area contributed by atoms with Gasteiger partial charge in [0.15, 0.2) is 0 Å². The molecule has 1 atom stereocenters. The van der Waals surface area contributed by atoms with Gasteiger partial charge in [0, 0.05) is 19.7 Å². The van der Waals surface area contributed by atoms with Gasteiger partial charge in [0.1, 0.15) is 5.69 Å². The highest BCUT2D eigenvalue weighted by atomic mass is 16.5. The number of nitrogen functional groups attached to an aromatic ring is 1. The zero-order valence-electron chi connectivity index (χ0n) is 11.4. The summed E-state index contributed by atoms with van der Waals surface area (Å²) in [7, 11) is 0. The first kappa shape index (κ1) is 13.9. The number of hydrogen-bond acceptors (Lipinski definition) is 4. The Kier molecular flexibility index (Phi) is 4.79. The van der Waals surface area contributed by atoms with Crippen LogP contribution in [0.5, 0.6) is 0 Å². The van der Waals surface area contributed by atoms with Gasteiger partial charge >= 0.3 is 0 Å². The van der Waals surface area contributed by atoms with Crippen LogP contribution >= 0.6 is 0 Å². The van der Waals surface area contributed by atoms with Crippen molar-refractivity contribution in [2.45, 2.75) is 45.3 Å². The third-order valence-corrected chi connectivity index (χ3v) is 3.41. The van der Waals surface area contributed by atoms with Gasteiger partial charge in [0.25, 0.3) is 5.91 Å². The first-order chi connectivity index (χ1) is 9.22. The summed E-state index contributed by atoms with van der Waals surface area (Å²) < 4.78 is 7.24. The smallest absolute Gasteiger partial charge is 0.271 e. The van der Waals surface area contributed by atoms with Crippen LogP contribution in [0.2, 0.25) is 0 Å². The largest absolute Gasteiger partial charge is 0.396 e. The molecule has 1 unspecified atom stereocenters. The number of nitrogens with one attached hydrogen (secondary N) is 1. The maximum atomic E-state index is 12.1. The zero-order valence-corrected chi connectivity index (χ0v) is 11.4. The average molecular weight is 266 g/mol. The van der Waals surface area contributed by atoms with E-state index >= 15 is 0 Å². The topological polar surface area (TPSA) is 82.2 Å². The Hall–Kier alpha value is -1.56. The van der Waals surface area contributed by atoms with Gasteiger partial charge in [-0.3, -0.25) is 9.48 Å². The lowest BCUT2D eigenvalue weighted by molar-refractivity contribution is 0.0117. The third-order valence-electron chi connectivity index (χ3n) is 3.41. The molecule has 1 saturated heterocycles. The van der Waals surface area contributed by atoms with Crippen molar-refractivity contribution in [2.75, 3.05) is 18.9 Å². The highest BCUT2D eigenvalue weighted by molar-refractivity contribution is 5.97. The number of carbonyl (C=O) groups excluding carboxylic acids is 1. The molecule has 1 aliphatic rings. The molecule has 19 heavy (non-hydrogen) atoms. The predicted molar refractivity (Wildman–Crippen MR) is 72.9 cm³/mol. The Morgan fingerprint density at radius 2 is 2.47 bits per heavy atom. The number of carbonyl (C=O) groups is 1. The fourth-order valence-electron chi connectivity index (χ4n) is 2.35. The molecule has 1 aromatic heterocycles. The second-order valence-electron chi connectivity index (χ2n) is 4.80. The zero-order chi connectivity index (χ0) is 13.7. The first-order valence-corrected chi connectivity index (χ1v) is 6.93. The van der Waals surface area contributed by atoms with Gasteiger partial charge in [0.05, 0.1) is 18.0 Å². The molecule has 1 fully saturated rings. The van der Waals surface area contributed by atoms with Gasteiger partial charge < -0.3 is 15.8 Å². The molecule has 0 bridgehead atoms. The summed E-state index contributed by atoms with van der Waals surface area (Å²) in [6.07, 6.45) is 6.10. The van der Waals surface area contributed by atoms with Crippen molar-refractivity contribution in [2.24, 2.45) is 0 Å². The highest BCUT2D eigenvalue weighted by Gasteiger charge is 2.17. The van der Waals surface area contributed by atoms with Crippen LogP contribution in [0.15, 0.2) is 6.20 Å². The summed E-state index contributed by atoms with van der Waals surface area (Å²) in [5.41, 5.74) is 6.64. The van der Waals surface area contributed by atoms with Crippen LogP contribution in [-0.4, -0.2) is 34.9 Å². The molecule has 0 spiro atoms. The van der Waals surface area contributed by atoms with E-state index < -0.39 is 0 Å². The number of nitrogens with two attached hydrogens (primary N) is 1. The van der Waals surface area contributed by atoms with Crippen LogP contribution in [0.3, 0.4) is 0 Å². The Labute approximate surface area is 113 Å². The molecule has 0 radical (unpaired) electrons. The molecule has 2 heterocycles. The molecule has 0 aromatic carbocycles. The number of ether oxygens (including phenoxy) is 1. The molecule has 0 aliphatic carbocycles. The second-order valence-corrected chi connectivity index (χ2v) is 4.80. The lowest BCUT2D eigenvalue weighted by atomic mass is 10.1. The molecule has 6 heteroatoms. The van der Waals surface area contributed by atoms with Crippen molar-refractivity contribution in [1.29, 1.82) is 0 Å².